The van der Waals surface area contributed by atoms with Gasteiger partial charge in [-0.3, -0.25) is 0 Å². The van der Waals surface area contributed by atoms with Crippen LogP contribution in [-0.4, -0.2) is 58.3 Å². The number of nitrogens with zero attached hydrogens (tertiary/aromatic N) is 3. The predicted molar refractivity (Wildman–Crippen MR) is 125 cm³/mol. The minimum absolute atomic E-state index is 0.231. The van der Waals surface area contributed by atoms with Crippen LogP contribution < -0.4 is 0 Å². The van der Waals surface area contributed by atoms with Crippen molar-refractivity contribution >= 4 is 5.97 Å². The van der Waals surface area contributed by atoms with E-state index in [4.69, 9.17) is 4.74 Å². The SMILES string of the molecule is C[N+]1(CCCc2ccncn2)CCC[C@@H]1COC(=O)C1(O)c2ccccc2-c2ccccc21. The number of esters is 1. The van der Waals surface area contributed by atoms with Gasteiger partial charge in [-0.1, -0.05) is 48.5 Å². The van der Waals surface area contributed by atoms with Crippen molar-refractivity contribution < 1.29 is 19.1 Å². The lowest BCUT2D eigenvalue weighted by Crippen LogP contribution is -2.51. The number of benzene rings is 2. The van der Waals surface area contributed by atoms with Crippen LogP contribution in [0.15, 0.2) is 67.1 Å². The van der Waals surface area contributed by atoms with E-state index in [2.05, 4.69) is 17.0 Å². The highest BCUT2D eigenvalue weighted by atomic mass is 16.6. The van der Waals surface area contributed by atoms with E-state index in [-0.39, 0.29) is 6.04 Å². The molecule has 2 atom stereocenters. The number of fused-ring (bicyclic) bond motifs is 3. The molecule has 0 bridgehead atoms. The fourth-order valence-electron chi connectivity index (χ4n) is 5.54. The minimum Gasteiger partial charge on any atom is -0.457 e. The summed E-state index contributed by atoms with van der Waals surface area (Å²) >= 11 is 0. The monoisotopic (exact) mass is 444 g/mol. The number of aryl methyl sites for hydroxylation is 1. The molecule has 6 nitrogen and oxygen atoms in total. The van der Waals surface area contributed by atoms with E-state index in [9.17, 15) is 9.90 Å². The summed E-state index contributed by atoms with van der Waals surface area (Å²) in [5.74, 6) is -0.584. The second-order valence-corrected chi connectivity index (χ2v) is 9.43. The maximum atomic E-state index is 13.4. The first-order chi connectivity index (χ1) is 16.0. The standard InChI is InChI=1S/C27H30N3O3/c1-30(16-6-8-20-14-15-28-19-29-20)17-7-9-21(30)18-33-26(31)27(32)24-12-4-2-10-22(24)23-11-3-5-13-25(23)27/h2-5,10-15,19,21,32H,6-9,16-18H2,1H3/q+1/t21-,30?/m1/s1. The van der Waals surface area contributed by atoms with E-state index in [1.165, 1.54) is 0 Å². The number of aromatic nitrogens is 2. The summed E-state index contributed by atoms with van der Waals surface area (Å²) in [6.07, 6.45) is 7.43. The van der Waals surface area contributed by atoms with E-state index >= 15 is 0 Å². The first-order valence-electron chi connectivity index (χ1n) is 11.7. The highest BCUT2D eigenvalue weighted by Crippen LogP contribution is 2.48. The Morgan fingerprint density at radius 3 is 2.48 bits per heavy atom. The number of hydrogen-bond acceptors (Lipinski definition) is 5. The smallest absolute Gasteiger partial charge is 0.347 e. The largest absolute Gasteiger partial charge is 0.457 e. The van der Waals surface area contributed by atoms with Gasteiger partial charge in [0, 0.05) is 42.3 Å². The number of likely N-dealkylation sites (N-methyl/N-ethyl adjacent to an activating group) is 1. The Balaban J connectivity index is 1.27. The molecule has 1 fully saturated rings. The number of quaternary nitrogens is 1. The average Bonchev–Trinajstić information content (AvgIpc) is 3.34. The summed E-state index contributed by atoms with van der Waals surface area (Å²) in [7, 11) is 2.25. The lowest BCUT2D eigenvalue weighted by Gasteiger charge is -2.36. The predicted octanol–water partition coefficient (Wildman–Crippen LogP) is 3.48. The summed E-state index contributed by atoms with van der Waals surface area (Å²) in [4.78, 5) is 21.7. The molecule has 33 heavy (non-hydrogen) atoms. The molecule has 2 aliphatic rings. The Morgan fingerprint density at radius 1 is 1.12 bits per heavy atom. The van der Waals surface area contributed by atoms with Crippen molar-refractivity contribution in [3.63, 3.8) is 0 Å². The Bertz CT molecular complexity index is 1100. The van der Waals surface area contributed by atoms with Crippen LogP contribution in [0.2, 0.25) is 0 Å². The third-order valence-electron chi connectivity index (χ3n) is 7.46. The number of ether oxygens (including phenoxy) is 1. The molecule has 0 amide bonds. The zero-order valence-corrected chi connectivity index (χ0v) is 19.0. The molecule has 0 saturated carbocycles. The number of hydrogen-bond donors (Lipinski definition) is 1. The van der Waals surface area contributed by atoms with Gasteiger partial charge >= 0.3 is 5.97 Å². The van der Waals surface area contributed by atoms with Gasteiger partial charge < -0.3 is 14.3 Å². The average molecular weight is 445 g/mol. The molecule has 3 aromatic rings. The summed E-state index contributed by atoms with van der Waals surface area (Å²) in [5.41, 5.74) is 2.27. The van der Waals surface area contributed by atoms with Crippen molar-refractivity contribution in [2.45, 2.75) is 37.3 Å². The third-order valence-corrected chi connectivity index (χ3v) is 7.46. The van der Waals surface area contributed by atoms with E-state index in [1.807, 2.05) is 54.6 Å². The van der Waals surface area contributed by atoms with Gasteiger partial charge in [-0.05, 0) is 23.6 Å². The Kier molecular flexibility index (Phi) is 5.72. The van der Waals surface area contributed by atoms with Gasteiger partial charge in [-0.25, -0.2) is 14.8 Å². The van der Waals surface area contributed by atoms with Crippen molar-refractivity contribution in [3.8, 4) is 11.1 Å². The van der Waals surface area contributed by atoms with Crippen molar-refractivity contribution in [1.82, 2.24) is 9.97 Å². The minimum atomic E-state index is -1.76. The fourth-order valence-corrected chi connectivity index (χ4v) is 5.54. The maximum Gasteiger partial charge on any atom is 0.347 e. The highest BCUT2D eigenvalue weighted by molar-refractivity contribution is 5.96. The number of carbonyl (C=O) groups is 1. The molecule has 0 spiro atoms. The zero-order valence-electron chi connectivity index (χ0n) is 19.0. The lowest BCUT2D eigenvalue weighted by atomic mass is 9.91. The zero-order chi connectivity index (χ0) is 22.9. The van der Waals surface area contributed by atoms with E-state index < -0.39 is 11.6 Å². The molecule has 1 aliphatic heterocycles. The summed E-state index contributed by atoms with van der Waals surface area (Å²) < 4.78 is 6.74. The van der Waals surface area contributed by atoms with Crippen LogP contribution in [-0.2, 0) is 21.6 Å². The van der Waals surface area contributed by atoms with Crippen LogP contribution in [0, 0.1) is 0 Å². The van der Waals surface area contributed by atoms with E-state index in [1.54, 1.807) is 12.5 Å². The molecular weight excluding hydrogens is 414 g/mol. The first-order valence-corrected chi connectivity index (χ1v) is 11.7. The van der Waals surface area contributed by atoms with Gasteiger partial charge in [0.1, 0.15) is 19.0 Å². The summed E-state index contributed by atoms with van der Waals surface area (Å²) in [6, 6.07) is 17.3. The molecule has 6 heteroatoms. The molecule has 1 aliphatic carbocycles. The van der Waals surface area contributed by atoms with Crippen LogP contribution in [0.3, 0.4) is 0 Å². The molecule has 2 aromatic carbocycles. The molecule has 2 heterocycles. The second-order valence-electron chi connectivity index (χ2n) is 9.43. The lowest BCUT2D eigenvalue weighted by molar-refractivity contribution is -0.921. The first kappa shape index (κ1) is 21.7. The van der Waals surface area contributed by atoms with E-state index in [0.29, 0.717) is 17.7 Å². The van der Waals surface area contributed by atoms with Gasteiger partial charge in [0.05, 0.1) is 20.1 Å². The highest BCUT2D eigenvalue weighted by Gasteiger charge is 2.50. The van der Waals surface area contributed by atoms with Gasteiger partial charge in [0.15, 0.2) is 0 Å². The van der Waals surface area contributed by atoms with Crippen LogP contribution in [0.4, 0.5) is 0 Å². The van der Waals surface area contributed by atoms with Crippen LogP contribution in [0.1, 0.15) is 36.1 Å². The van der Waals surface area contributed by atoms with Crippen LogP contribution in [0.25, 0.3) is 11.1 Å². The van der Waals surface area contributed by atoms with Crippen molar-refractivity contribution in [3.05, 3.63) is 83.9 Å². The molecule has 170 valence electrons. The van der Waals surface area contributed by atoms with Crippen LogP contribution in [0.5, 0.6) is 0 Å². The van der Waals surface area contributed by atoms with Crippen molar-refractivity contribution in [2.75, 3.05) is 26.7 Å². The Labute approximate surface area is 194 Å². The van der Waals surface area contributed by atoms with Crippen LogP contribution >= 0.6 is 0 Å². The number of rotatable bonds is 7. The van der Waals surface area contributed by atoms with E-state index in [0.717, 1.165) is 60.1 Å². The Hall–Kier alpha value is -3.09. The summed E-state index contributed by atoms with van der Waals surface area (Å²) in [6.45, 7) is 2.39. The van der Waals surface area contributed by atoms with Gasteiger partial charge in [-0.2, -0.15) is 0 Å². The fraction of sp³-hybridized carbons (Fsp3) is 0.370. The number of likely N-dealkylation sites (tertiary alicyclic amines) is 1. The molecule has 5 rings (SSSR count). The van der Waals surface area contributed by atoms with Crippen molar-refractivity contribution in [2.24, 2.45) is 0 Å². The normalized spacial score (nSPS) is 22.5. The third kappa shape index (κ3) is 3.83. The maximum absolute atomic E-state index is 13.4. The van der Waals surface area contributed by atoms with Gasteiger partial charge in [0.25, 0.3) is 0 Å². The Morgan fingerprint density at radius 2 is 1.82 bits per heavy atom. The molecule has 1 unspecified atom stereocenters. The summed E-state index contributed by atoms with van der Waals surface area (Å²) in [5, 5.41) is 11.6. The van der Waals surface area contributed by atoms with Gasteiger partial charge in [0.2, 0.25) is 5.60 Å². The molecule has 1 saturated heterocycles. The quantitative estimate of drug-likeness (QED) is 0.446. The number of aliphatic hydroxyl groups is 1. The molecule has 1 aromatic heterocycles. The number of carbonyl (C=O) groups excluding carboxylic acids is 1. The molecule has 0 radical (unpaired) electrons. The van der Waals surface area contributed by atoms with Gasteiger partial charge in [-0.15, -0.1) is 0 Å². The molecule has 1 N–H and O–H groups in total. The second kappa shape index (κ2) is 8.69. The van der Waals surface area contributed by atoms with Crippen molar-refractivity contribution in [1.29, 1.82) is 0 Å². The molecular formula is C27H30N3O3+. The topological polar surface area (TPSA) is 72.3 Å².